The highest BCUT2D eigenvalue weighted by atomic mass is 35.5. The molecule has 1 heterocycles. The molecule has 4 nitrogen and oxygen atoms in total. The highest BCUT2D eigenvalue weighted by Gasteiger charge is 2.19. The maximum absolute atomic E-state index is 12.4. The zero-order chi connectivity index (χ0) is 19.1. The summed E-state index contributed by atoms with van der Waals surface area (Å²) in [6.45, 7) is 7.10. The summed E-state index contributed by atoms with van der Waals surface area (Å²) >= 11 is 6.06. The molecular weight excluding hydrogens is 360 g/mol. The SMILES string of the molecule is C=CCOc1ccc(/C=C/C(=O)N2CCN(c3cccc(Cl)c3)CC2)cc1. The van der Waals surface area contributed by atoms with E-state index < -0.39 is 0 Å². The highest BCUT2D eigenvalue weighted by molar-refractivity contribution is 6.30. The van der Waals surface area contributed by atoms with Gasteiger partial charge in [-0.3, -0.25) is 4.79 Å². The first-order valence-electron chi connectivity index (χ1n) is 8.97. The van der Waals surface area contributed by atoms with Gasteiger partial charge < -0.3 is 14.5 Å². The van der Waals surface area contributed by atoms with E-state index in [1.807, 2.05) is 59.5 Å². The fourth-order valence-electron chi connectivity index (χ4n) is 2.96. The third-order valence-corrected chi connectivity index (χ3v) is 4.67. The first-order chi connectivity index (χ1) is 13.2. The molecular formula is C22H23ClN2O2. The van der Waals surface area contributed by atoms with Crippen LogP contribution in [0.25, 0.3) is 6.08 Å². The minimum Gasteiger partial charge on any atom is -0.490 e. The molecule has 0 N–H and O–H groups in total. The first kappa shape index (κ1) is 19.1. The molecule has 0 aliphatic carbocycles. The van der Waals surface area contributed by atoms with E-state index in [4.69, 9.17) is 16.3 Å². The van der Waals surface area contributed by atoms with Gasteiger partial charge in [-0.05, 0) is 42.0 Å². The molecule has 0 saturated carbocycles. The van der Waals surface area contributed by atoms with Crippen molar-refractivity contribution in [2.45, 2.75) is 0 Å². The summed E-state index contributed by atoms with van der Waals surface area (Å²) in [5, 5.41) is 0.731. The number of carbonyl (C=O) groups is 1. The van der Waals surface area contributed by atoms with Crippen molar-refractivity contribution in [1.29, 1.82) is 0 Å². The fourth-order valence-corrected chi connectivity index (χ4v) is 3.15. The van der Waals surface area contributed by atoms with E-state index in [2.05, 4.69) is 11.5 Å². The third kappa shape index (κ3) is 5.38. The molecule has 3 rings (SSSR count). The summed E-state index contributed by atoms with van der Waals surface area (Å²) in [6.07, 6.45) is 5.18. The van der Waals surface area contributed by atoms with Gasteiger partial charge in [0.15, 0.2) is 0 Å². The van der Waals surface area contributed by atoms with Crippen molar-refractivity contribution in [3.8, 4) is 5.75 Å². The van der Waals surface area contributed by atoms with E-state index in [-0.39, 0.29) is 5.91 Å². The van der Waals surface area contributed by atoms with Crippen LogP contribution >= 0.6 is 11.6 Å². The van der Waals surface area contributed by atoms with Crippen LogP contribution in [0.4, 0.5) is 5.69 Å². The Kier molecular flexibility index (Phi) is 6.55. The molecule has 1 saturated heterocycles. The number of ether oxygens (including phenoxy) is 1. The first-order valence-corrected chi connectivity index (χ1v) is 9.35. The van der Waals surface area contributed by atoms with E-state index in [0.29, 0.717) is 19.7 Å². The number of anilines is 1. The molecule has 1 aliphatic rings. The van der Waals surface area contributed by atoms with Crippen LogP contribution in [-0.2, 0) is 4.79 Å². The van der Waals surface area contributed by atoms with Crippen LogP contribution < -0.4 is 9.64 Å². The predicted octanol–water partition coefficient (Wildman–Crippen LogP) is 4.27. The van der Waals surface area contributed by atoms with Crippen LogP contribution in [0, 0.1) is 0 Å². The standard InChI is InChI=1S/C22H23ClN2O2/c1-2-16-27-21-9-6-18(7-10-21)8-11-22(26)25-14-12-24(13-15-25)20-5-3-4-19(23)17-20/h2-11,17H,1,12-16H2/b11-8+. The fraction of sp³-hybridized carbons (Fsp3) is 0.227. The van der Waals surface area contributed by atoms with Crippen molar-refractivity contribution >= 4 is 29.3 Å². The zero-order valence-electron chi connectivity index (χ0n) is 15.2. The van der Waals surface area contributed by atoms with Gasteiger partial charge in [-0.1, -0.05) is 42.5 Å². The molecule has 1 fully saturated rings. The van der Waals surface area contributed by atoms with Gasteiger partial charge in [-0.25, -0.2) is 0 Å². The topological polar surface area (TPSA) is 32.8 Å². The molecule has 2 aromatic rings. The van der Waals surface area contributed by atoms with Crippen molar-refractivity contribution in [1.82, 2.24) is 4.90 Å². The molecule has 0 aromatic heterocycles. The van der Waals surface area contributed by atoms with E-state index in [9.17, 15) is 4.79 Å². The second-order valence-corrected chi connectivity index (χ2v) is 6.73. The molecule has 0 bridgehead atoms. The summed E-state index contributed by atoms with van der Waals surface area (Å²) in [5.41, 5.74) is 2.07. The monoisotopic (exact) mass is 382 g/mol. The number of rotatable bonds is 6. The third-order valence-electron chi connectivity index (χ3n) is 4.43. The maximum Gasteiger partial charge on any atom is 0.246 e. The van der Waals surface area contributed by atoms with Crippen LogP contribution in [0.1, 0.15) is 5.56 Å². The molecule has 140 valence electrons. The van der Waals surface area contributed by atoms with Crippen LogP contribution in [0.5, 0.6) is 5.75 Å². The number of piperazine rings is 1. The molecule has 0 radical (unpaired) electrons. The summed E-state index contributed by atoms with van der Waals surface area (Å²) < 4.78 is 5.45. The van der Waals surface area contributed by atoms with Gasteiger partial charge in [0, 0.05) is 43.0 Å². The van der Waals surface area contributed by atoms with Crippen molar-refractivity contribution in [2.24, 2.45) is 0 Å². The van der Waals surface area contributed by atoms with Crippen LogP contribution in [-0.4, -0.2) is 43.6 Å². The van der Waals surface area contributed by atoms with Gasteiger partial charge in [0.1, 0.15) is 12.4 Å². The summed E-state index contributed by atoms with van der Waals surface area (Å²) in [5.74, 6) is 0.822. The lowest BCUT2D eigenvalue weighted by molar-refractivity contribution is -0.126. The van der Waals surface area contributed by atoms with E-state index in [1.54, 1.807) is 12.2 Å². The number of amides is 1. The largest absolute Gasteiger partial charge is 0.490 e. The van der Waals surface area contributed by atoms with Gasteiger partial charge in [0.05, 0.1) is 0 Å². The van der Waals surface area contributed by atoms with Gasteiger partial charge in [-0.2, -0.15) is 0 Å². The van der Waals surface area contributed by atoms with E-state index >= 15 is 0 Å². The molecule has 1 amide bonds. The Labute approximate surface area is 165 Å². The molecule has 27 heavy (non-hydrogen) atoms. The lowest BCUT2D eigenvalue weighted by Crippen LogP contribution is -2.48. The van der Waals surface area contributed by atoms with Crippen LogP contribution in [0.3, 0.4) is 0 Å². The van der Waals surface area contributed by atoms with Crippen molar-refractivity contribution in [3.63, 3.8) is 0 Å². The number of nitrogens with zero attached hydrogens (tertiary/aromatic N) is 2. The number of carbonyl (C=O) groups excluding carboxylic acids is 1. The maximum atomic E-state index is 12.4. The zero-order valence-corrected chi connectivity index (χ0v) is 15.9. The minimum absolute atomic E-state index is 0.0349. The Hall–Kier alpha value is -2.72. The molecule has 0 atom stereocenters. The number of halogens is 1. The van der Waals surface area contributed by atoms with Gasteiger partial charge in [0.25, 0.3) is 0 Å². The average molecular weight is 383 g/mol. The lowest BCUT2D eigenvalue weighted by Gasteiger charge is -2.35. The number of benzene rings is 2. The van der Waals surface area contributed by atoms with Crippen LogP contribution in [0.15, 0.2) is 67.3 Å². The second-order valence-electron chi connectivity index (χ2n) is 6.29. The van der Waals surface area contributed by atoms with Crippen LogP contribution in [0.2, 0.25) is 5.02 Å². The van der Waals surface area contributed by atoms with Gasteiger partial charge >= 0.3 is 0 Å². The van der Waals surface area contributed by atoms with E-state index in [1.165, 1.54) is 0 Å². The summed E-state index contributed by atoms with van der Waals surface area (Å²) in [7, 11) is 0. The molecule has 0 spiro atoms. The average Bonchev–Trinajstić information content (AvgIpc) is 2.71. The minimum atomic E-state index is 0.0349. The number of hydrogen-bond acceptors (Lipinski definition) is 3. The highest BCUT2D eigenvalue weighted by Crippen LogP contribution is 2.21. The van der Waals surface area contributed by atoms with Gasteiger partial charge in [0.2, 0.25) is 5.91 Å². The number of hydrogen-bond donors (Lipinski definition) is 0. The Bertz CT molecular complexity index is 809. The summed E-state index contributed by atoms with van der Waals surface area (Å²) in [6, 6.07) is 15.5. The second kappa shape index (κ2) is 9.28. The molecule has 2 aromatic carbocycles. The molecule has 1 aliphatic heterocycles. The molecule has 0 unspecified atom stereocenters. The van der Waals surface area contributed by atoms with Crippen molar-refractivity contribution in [2.75, 3.05) is 37.7 Å². The molecule has 5 heteroatoms. The van der Waals surface area contributed by atoms with Crippen molar-refractivity contribution in [3.05, 3.63) is 77.8 Å². The normalized spacial score (nSPS) is 14.4. The smallest absolute Gasteiger partial charge is 0.246 e. The Morgan fingerprint density at radius 1 is 1.11 bits per heavy atom. The Morgan fingerprint density at radius 2 is 1.85 bits per heavy atom. The van der Waals surface area contributed by atoms with Gasteiger partial charge in [-0.15, -0.1) is 0 Å². The predicted molar refractivity (Wildman–Crippen MR) is 111 cm³/mol. The van der Waals surface area contributed by atoms with Crippen molar-refractivity contribution < 1.29 is 9.53 Å². The van der Waals surface area contributed by atoms with E-state index in [0.717, 1.165) is 35.1 Å². The summed E-state index contributed by atoms with van der Waals surface area (Å²) in [4.78, 5) is 16.6. The quantitative estimate of drug-likeness (QED) is 0.552. The lowest BCUT2D eigenvalue weighted by atomic mass is 10.2. The Morgan fingerprint density at radius 3 is 2.52 bits per heavy atom. The Balaban J connectivity index is 1.51.